The molecule has 0 aliphatic rings. The maximum absolute atomic E-state index is 5.26. The number of rotatable bonds is 5. The van der Waals surface area contributed by atoms with Gasteiger partial charge in [-0.3, -0.25) is 0 Å². The van der Waals surface area contributed by atoms with Crippen LogP contribution in [0.15, 0.2) is 18.7 Å². The minimum absolute atomic E-state index is 0.389. The normalized spacial score (nSPS) is 12.0. The summed E-state index contributed by atoms with van der Waals surface area (Å²) < 4.78 is 0. The van der Waals surface area contributed by atoms with Crippen molar-refractivity contribution in [1.29, 1.82) is 0 Å². The van der Waals surface area contributed by atoms with Gasteiger partial charge in [0, 0.05) is 37.0 Å². The first-order valence-electron chi connectivity index (χ1n) is 4.77. The van der Waals surface area contributed by atoms with E-state index in [1.807, 2.05) is 12.4 Å². The molecule has 0 aromatic carbocycles. The van der Waals surface area contributed by atoms with Gasteiger partial charge < -0.3 is 5.32 Å². The number of hydrogen-bond acceptors (Lipinski definition) is 3. The first-order valence-corrected chi connectivity index (χ1v) is 4.77. The molecule has 0 radical (unpaired) electrons. The molecule has 3 nitrogen and oxygen atoms in total. The SMILES string of the molecule is C#CCC(CC)NCc1cncnc1. The summed E-state index contributed by atoms with van der Waals surface area (Å²) in [5.41, 5.74) is 1.09. The van der Waals surface area contributed by atoms with E-state index < -0.39 is 0 Å². The first kappa shape index (κ1) is 10.7. The Morgan fingerprint density at radius 1 is 1.50 bits per heavy atom. The fourth-order valence-electron chi connectivity index (χ4n) is 1.19. The Hall–Kier alpha value is -1.40. The van der Waals surface area contributed by atoms with Crippen molar-refractivity contribution in [3.8, 4) is 12.3 Å². The number of nitrogens with zero attached hydrogens (tertiary/aromatic N) is 2. The quantitative estimate of drug-likeness (QED) is 0.711. The summed E-state index contributed by atoms with van der Waals surface area (Å²) in [5.74, 6) is 2.66. The van der Waals surface area contributed by atoms with Crippen LogP contribution in [-0.4, -0.2) is 16.0 Å². The summed E-state index contributed by atoms with van der Waals surface area (Å²) >= 11 is 0. The van der Waals surface area contributed by atoms with Crippen molar-refractivity contribution >= 4 is 0 Å². The lowest BCUT2D eigenvalue weighted by Gasteiger charge is -2.13. The maximum Gasteiger partial charge on any atom is 0.115 e. The highest BCUT2D eigenvalue weighted by molar-refractivity contribution is 5.02. The molecule has 1 heterocycles. The van der Waals surface area contributed by atoms with Gasteiger partial charge in [-0.25, -0.2) is 9.97 Å². The minimum Gasteiger partial charge on any atom is -0.309 e. The molecule has 0 saturated heterocycles. The van der Waals surface area contributed by atoms with Crippen molar-refractivity contribution in [2.45, 2.75) is 32.4 Å². The lowest BCUT2D eigenvalue weighted by molar-refractivity contribution is 0.505. The molecular formula is C11H15N3. The molecule has 1 aromatic rings. The van der Waals surface area contributed by atoms with E-state index in [4.69, 9.17) is 6.42 Å². The Bertz CT molecular complexity index is 289. The Kier molecular flexibility index (Phi) is 4.66. The van der Waals surface area contributed by atoms with Crippen molar-refractivity contribution in [2.24, 2.45) is 0 Å². The zero-order chi connectivity index (χ0) is 10.2. The van der Waals surface area contributed by atoms with Gasteiger partial charge >= 0.3 is 0 Å². The van der Waals surface area contributed by atoms with Gasteiger partial charge in [0.05, 0.1) is 0 Å². The van der Waals surface area contributed by atoms with Crippen LogP contribution >= 0.6 is 0 Å². The molecule has 0 amide bonds. The Labute approximate surface area is 85.0 Å². The van der Waals surface area contributed by atoms with Crippen LogP contribution in [0.3, 0.4) is 0 Å². The summed E-state index contributed by atoms with van der Waals surface area (Å²) in [7, 11) is 0. The molecule has 0 aliphatic carbocycles. The lowest BCUT2D eigenvalue weighted by Crippen LogP contribution is -2.27. The second-order valence-electron chi connectivity index (χ2n) is 3.14. The van der Waals surface area contributed by atoms with Gasteiger partial charge in [-0.1, -0.05) is 6.92 Å². The van der Waals surface area contributed by atoms with Gasteiger partial charge in [-0.05, 0) is 6.42 Å². The molecule has 0 aliphatic heterocycles. The monoisotopic (exact) mass is 189 g/mol. The summed E-state index contributed by atoms with van der Waals surface area (Å²) in [6.45, 7) is 2.90. The van der Waals surface area contributed by atoms with E-state index in [2.05, 4.69) is 28.1 Å². The predicted molar refractivity (Wildman–Crippen MR) is 56.4 cm³/mol. The van der Waals surface area contributed by atoms with E-state index in [9.17, 15) is 0 Å². The predicted octanol–water partition coefficient (Wildman–Crippen LogP) is 1.37. The fraction of sp³-hybridized carbons (Fsp3) is 0.455. The average Bonchev–Trinajstić information content (AvgIpc) is 2.25. The van der Waals surface area contributed by atoms with Gasteiger partial charge in [0.25, 0.3) is 0 Å². The van der Waals surface area contributed by atoms with Gasteiger partial charge in [0.2, 0.25) is 0 Å². The molecule has 1 N–H and O–H groups in total. The Morgan fingerprint density at radius 2 is 2.21 bits per heavy atom. The van der Waals surface area contributed by atoms with Crippen LogP contribution < -0.4 is 5.32 Å². The smallest absolute Gasteiger partial charge is 0.115 e. The first-order chi connectivity index (χ1) is 6.86. The zero-order valence-electron chi connectivity index (χ0n) is 8.40. The van der Waals surface area contributed by atoms with Gasteiger partial charge in [-0.2, -0.15) is 0 Å². The summed E-state index contributed by atoms with van der Waals surface area (Å²) in [6, 6.07) is 0.389. The van der Waals surface area contributed by atoms with Crippen LogP contribution in [0, 0.1) is 12.3 Å². The molecule has 0 spiro atoms. The van der Waals surface area contributed by atoms with Crippen molar-refractivity contribution in [2.75, 3.05) is 0 Å². The molecule has 3 heteroatoms. The summed E-state index contributed by atoms with van der Waals surface area (Å²) in [5, 5.41) is 3.36. The van der Waals surface area contributed by atoms with E-state index in [0.717, 1.165) is 24.9 Å². The molecular weight excluding hydrogens is 174 g/mol. The Morgan fingerprint density at radius 3 is 2.79 bits per heavy atom. The second-order valence-corrected chi connectivity index (χ2v) is 3.14. The molecule has 0 bridgehead atoms. The molecule has 1 unspecified atom stereocenters. The number of aromatic nitrogens is 2. The van der Waals surface area contributed by atoms with Gasteiger partial charge in [0.1, 0.15) is 6.33 Å². The standard InChI is InChI=1S/C11H15N3/c1-3-5-11(4-2)14-8-10-6-12-9-13-7-10/h1,6-7,9,11,14H,4-5,8H2,2H3. The Balaban J connectivity index is 2.36. The topological polar surface area (TPSA) is 37.8 Å². The highest BCUT2D eigenvalue weighted by Gasteiger charge is 2.02. The summed E-state index contributed by atoms with van der Waals surface area (Å²) in [6.07, 6.45) is 12.2. The van der Waals surface area contributed by atoms with Gasteiger partial charge in [0.15, 0.2) is 0 Å². The molecule has 0 fully saturated rings. The van der Waals surface area contributed by atoms with E-state index in [-0.39, 0.29) is 0 Å². The van der Waals surface area contributed by atoms with Crippen molar-refractivity contribution in [1.82, 2.24) is 15.3 Å². The third-order valence-corrected chi connectivity index (χ3v) is 2.07. The highest BCUT2D eigenvalue weighted by atomic mass is 14.9. The van der Waals surface area contributed by atoms with Crippen LogP contribution in [0.2, 0.25) is 0 Å². The van der Waals surface area contributed by atoms with Crippen molar-refractivity contribution in [3.05, 3.63) is 24.3 Å². The van der Waals surface area contributed by atoms with E-state index in [1.54, 1.807) is 0 Å². The second kappa shape index (κ2) is 6.11. The van der Waals surface area contributed by atoms with Crippen LogP contribution in [0.1, 0.15) is 25.3 Å². The highest BCUT2D eigenvalue weighted by Crippen LogP contribution is 1.99. The fourth-order valence-corrected chi connectivity index (χ4v) is 1.19. The number of nitrogens with one attached hydrogen (secondary N) is 1. The maximum atomic E-state index is 5.26. The molecule has 1 atom stereocenters. The molecule has 0 saturated carbocycles. The number of hydrogen-bond donors (Lipinski definition) is 1. The molecule has 1 rings (SSSR count). The summed E-state index contributed by atoms with van der Waals surface area (Å²) in [4.78, 5) is 7.89. The van der Waals surface area contributed by atoms with E-state index in [0.29, 0.717) is 6.04 Å². The van der Waals surface area contributed by atoms with E-state index >= 15 is 0 Å². The largest absolute Gasteiger partial charge is 0.309 e. The van der Waals surface area contributed by atoms with Crippen LogP contribution in [0.25, 0.3) is 0 Å². The van der Waals surface area contributed by atoms with Crippen molar-refractivity contribution < 1.29 is 0 Å². The third-order valence-electron chi connectivity index (χ3n) is 2.07. The molecule has 1 aromatic heterocycles. The van der Waals surface area contributed by atoms with Crippen LogP contribution in [0.5, 0.6) is 0 Å². The van der Waals surface area contributed by atoms with Crippen LogP contribution in [0.4, 0.5) is 0 Å². The molecule has 74 valence electrons. The lowest BCUT2D eigenvalue weighted by atomic mass is 10.1. The van der Waals surface area contributed by atoms with Gasteiger partial charge in [-0.15, -0.1) is 12.3 Å². The minimum atomic E-state index is 0.389. The average molecular weight is 189 g/mol. The zero-order valence-corrected chi connectivity index (χ0v) is 8.40. The number of terminal acetylenes is 1. The van der Waals surface area contributed by atoms with E-state index in [1.165, 1.54) is 6.33 Å². The van der Waals surface area contributed by atoms with Crippen molar-refractivity contribution in [3.63, 3.8) is 0 Å². The molecule has 14 heavy (non-hydrogen) atoms. The third kappa shape index (κ3) is 3.55. The van der Waals surface area contributed by atoms with Crippen LogP contribution in [-0.2, 0) is 6.54 Å².